The van der Waals surface area contributed by atoms with Crippen LogP contribution in [0.4, 0.5) is 13.2 Å². The van der Waals surface area contributed by atoms with Crippen molar-refractivity contribution in [3.05, 3.63) is 50.7 Å². The molecule has 0 radical (unpaired) electrons. The molecule has 2 heterocycles. The van der Waals surface area contributed by atoms with Crippen molar-refractivity contribution in [2.45, 2.75) is 19.6 Å². The van der Waals surface area contributed by atoms with E-state index in [-0.39, 0.29) is 5.49 Å². The van der Waals surface area contributed by atoms with Crippen LogP contribution in [-0.4, -0.2) is 16.7 Å². The number of thiophene rings is 1. The maximum Gasteiger partial charge on any atom is 0.473 e. The largest absolute Gasteiger partial charge is 0.473 e. The quantitative estimate of drug-likeness (QED) is 0.827. The fourth-order valence-electron chi connectivity index (χ4n) is 1.66. The van der Waals surface area contributed by atoms with Gasteiger partial charge in [-0.2, -0.15) is 18.2 Å². The third-order valence-electron chi connectivity index (χ3n) is 2.56. The van der Waals surface area contributed by atoms with Crippen molar-refractivity contribution in [1.29, 1.82) is 0 Å². The predicted molar refractivity (Wildman–Crippen MR) is 74.2 cm³/mol. The summed E-state index contributed by atoms with van der Waals surface area (Å²) in [5.41, 5.74) is 0.795. The van der Waals surface area contributed by atoms with Gasteiger partial charge in [-0.05, 0) is 30.7 Å². The number of aryl methyl sites for hydroxylation is 1. The monoisotopic (exact) mass is 334 g/mol. The van der Waals surface area contributed by atoms with E-state index in [9.17, 15) is 18.0 Å². The number of rotatable bonds is 2. The molecular formula is C13H10ClF3N2OS. The Bertz CT molecular complexity index is 734. The smallest absolute Gasteiger partial charge is 0.327 e. The van der Waals surface area contributed by atoms with E-state index in [2.05, 4.69) is 4.99 Å². The first-order valence-corrected chi connectivity index (χ1v) is 7.02. The number of carbonyl (C=O) groups excluding carboxylic acids is 1. The van der Waals surface area contributed by atoms with Gasteiger partial charge in [-0.1, -0.05) is 17.7 Å². The summed E-state index contributed by atoms with van der Waals surface area (Å²) >= 11 is 7.14. The minimum absolute atomic E-state index is 0.0487. The maximum atomic E-state index is 12.3. The molecule has 2 aromatic rings. The molecule has 0 aliphatic heterocycles. The molecule has 2 rings (SSSR count). The second-order valence-corrected chi connectivity index (χ2v) is 6.11. The lowest BCUT2D eigenvalue weighted by Gasteiger charge is -2.08. The molecule has 0 aromatic carbocycles. The van der Waals surface area contributed by atoms with E-state index in [1.165, 1.54) is 22.0 Å². The standard InChI is InChI=1S/C13H10ClF3N2OS/c1-8-2-5-11(18-12(20)13(15,16)17)19(6-8)7-9-3-4-10(14)21-9/h2-6H,7H2,1H3. The molecule has 0 bridgehead atoms. The lowest BCUT2D eigenvalue weighted by molar-refractivity contribution is -0.169. The van der Waals surface area contributed by atoms with Gasteiger partial charge in [-0.25, -0.2) is 0 Å². The van der Waals surface area contributed by atoms with Gasteiger partial charge < -0.3 is 4.57 Å². The molecule has 8 heteroatoms. The molecule has 0 aliphatic rings. The van der Waals surface area contributed by atoms with Crippen LogP contribution in [0.3, 0.4) is 0 Å². The second-order valence-electron chi connectivity index (χ2n) is 4.31. The lowest BCUT2D eigenvalue weighted by Crippen LogP contribution is -2.28. The Hall–Kier alpha value is -1.60. The normalized spacial score (nSPS) is 12.7. The van der Waals surface area contributed by atoms with Gasteiger partial charge in [0.1, 0.15) is 5.49 Å². The summed E-state index contributed by atoms with van der Waals surface area (Å²) < 4.78 is 39.0. The first kappa shape index (κ1) is 15.8. The van der Waals surface area contributed by atoms with Crippen LogP contribution in [0.5, 0.6) is 0 Å². The summed E-state index contributed by atoms with van der Waals surface area (Å²) in [5.74, 6) is -2.12. The van der Waals surface area contributed by atoms with Crippen LogP contribution >= 0.6 is 22.9 Å². The molecule has 0 unspecified atom stereocenters. The molecule has 0 atom stereocenters. The number of aromatic nitrogens is 1. The number of hydrogen-bond donors (Lipinski definition) is 0. The number of alkyl halides is 3. The summed E-state index contributed by atoms with van der Waals surface area (Å²) in [6.07, 6.45) is -3.34. The molecule has 0 aliphatic carbocycles. The van der Waals surface area contributed by atoms with E-state index in [1.54, 1.807) is 31.3 Å². The minimum Gasteiger partial charge on any atom is -0.327 e. The van der Waals surface area contributed by atoms with Crippen LogP contribution in [0.2, 0.25) is 4.34 Å². The Kier molecular flexibility index (Phi) is 4.53. The number of nitrogens with zero attached hydrogens (tertiary/aromatic N) is 2. The molecular weight excluding hydrogens is 325 g/mol. The zero-order valence-corrected chi connectivity index (χ0v) is 12.4. The highest BCUT2D eigenvalue weighted by atomic mass is 35.5. The second kappa shape index (κ2) is 6.03. The Morgan fingerprint density at radius 1 is 1.33 bits per heavy atom. The molecule has 3 nitrogen and oxygen atoms in total. The van der Waals surface area contributed by atoms with Crippen molar-refractivity contribution in [2.24, 2.45) is 4.99 Å². The summed E-state index contributed by atoms with van der Waals surface area (Å²) in [7, 11) is 0. The Balaban J connectivity index is 2.43. The molecule has 0 spiro atoms. The Morgan fingerprint density at radius 3 is 2.62 bits per heavy atom. The van der Waals surface area contributed by atoms with Crippen LogP contribution in [0.15, 0.2) is 35.5 Å². The van der Waals surface area contributed by atoms with E-state index >= 15 is 0 Å². The highest BCUT2D eigenvalue weighted by Gasteiger charge is 2.38. The van der Waals surface area contributed by atoms with Gasteiger partial charge in [-0.3, -0.25) is 4.79 Å². The molecule has 1 amide bonds. The van der Waals surface area contributed by atoms with Gasteiger partial charge >= 0.3 is 12.1 Å². The van der Waals surface area contributed by atoms with Crippen molar-refractivity contribution in [3.63, 3.8) is 0 Å². The summed E-state index contributed by atoms with van der Waals surface area (Å²) in [5, 5.41) is 0. The molecule has 112 valence electrons. The lowest BCUT2D eigenvalue weighted by atomic mass is 10.3. The number of pyridine rings is 1. The number of carbonyl (C=O) groups is 1. The van der Waals surface area contributed by atoms with Gasteiger partial charge in [-0.15, -0.1) is 11.3 Å². The average molecular weight is 335 g/mol. The third-order valence-corrected chi connectivity index (χ3v) is 3.78. The van der Waals surface area contributed by atoms with E-state index in [4.69, 9.17) is 11.6 Å². The molecule has 2 aromatic heterocycles. The summed E-state index contributed by atoms with van der Waals surface area (Å²) in [6, 6.07) is 6.46. The van der Waals surface area contributed by atoms with Gasteiger partial charge in [0.05, 0.1) is 10.9 Å². The minimum atomic E-state index is -4.98. The Morgan fingerprint density at radius 2 is 2.05 bits per heavy atom. The van der Waals surface area contributed by atoms with E-state index in [0.717, 1.165) is 10.4 Å². The van der Waals surface area contributed by atoms with Crippen LogP contribution in [0.1, 0.15) is 10.4 Å². The molecule has 0 saturated heterocycles. The zero-order valence-electron chi connectivity index (χ0n) is 10.8. The fraction of sp³-hybridized carbons (Fsp3) is 0.231. The van der Waals surface area contributed by atoms with E-state index < -0.39 is 12.1 Å². The molecule has 0 saturated carbocycles. The van der Waals surface area contributed by atoms with Crippen LogP contribution < -0.4 is 5.49 Å². The average Bonchev–Trinajstić information content (AvgIpc) is 2.77. The topological polar surface area (TPSA) is 34.4 Å². The Labute approximate surface area is 127 Å². The first-order valence-electron chi connectivity index (χ1n) is 5.83. The number of halogens is 4. The van der Waals surface area contributed by atoms with Gasteiger partial charge in [0.25, 0.3) is 0 Å². The maximum absolute atomic E-state index is 12.3. The zero-order chi connectivity index (χ0) is 15.6. The molecule has 21 heavy (non-hydrogen) atoms. The van der Waals surface area contributed by atoms with Crippen molar-refractivity contribution in [2.75, 3.05) is 0 Å². The van der Waals surface area contributed by atoms with Crippen molar-refractivity contribution >= 4 is 28.8 Å². The van der Waals surface area contributed by atoms with Gasteiger partial charge in [0.2, 0.25) is 0 Å². The SMILES string of the molecule is Cc1ccc(=NC(=O)C(F)(F)F)n(Cc2ccc(Cl)s2)c1. The van der Waals surface area contributed by atoms with Crippen LogP contribution in [-0.2, 0) is 11.3 Å². The van der Waals surface area contributed by atoms with Crippen LogP contribution in [0, 0.1) is 6.92 Å². The number of amides is 1. The van der Waals surface area contributed by atoms with Crippen molar-refractivity contribution in [1.82, 2.24) is 4.57 Å². The van der Waals surface area contributed by atoms with Crippen LogP contribution in [0.25, 0.3) is 0 Å². The van der Waals surface area contributed by atoms with Crippen molar-refractivity contribution in [3.8, 4) is 0 Å². The summed E-state index contributed by atoms with van der Waals surface area (Å²) in [4.78, 5) is 15.0. The van der Waals surface area contributed by atoms with Gasteiger partial charge in [0.15, 0.2) is 0 Å². The fourth-order valence-corrected chi connectivity index (χ4v) is 2.74. The predicted octanol–water partition coefficient (Wildman–Crippen LogP) is 3.55. The molecule has 0 fully saturated rings. The highest BCUT2D eigenvalue weighted by molar-refractivity contribution is 7.16. The van der Waals surface area contributed by atoms with Crippen molar-refractivity contribution < 1.29 is 18.0 Å². The number of hydrogen-bond acceptors (Lipinski definition) is 2. The highest BCUT2D eigenvalue weighted by Crippen LogP contribution is 2.22. The van der Waals surface area contributed by atoms with E-state index in [1.807, 2.05) is 0 Å². The first-order chi connectivity index (χ1) is 9.75. The molecule has 0 N–H and O–H groups in total. The van der Waals surface area contributed by atoms with Gasteiger partial charge in [0, 0.05) is 11.1 Å². The third kappa shape index (κ3) is 4.18. The summed E-state index contributed by atoms with van der Waals surface area (Å²) in [6.45, 7) is 2.09. The van der Waals surface area contributed by atoms with E-state index in [0.29, 0.717) is 10.9 Å².